The summed E-state index contributed by atoms with van der Waals surface area (Å²) in [6.07, 6.45) is 19.3. The number of hydrogen-bond acceptors (Lipinski definition) is 31. The molecule has 4 aromatic carbocycles. The highest BCUT2D eigenvalue weighted by Crippen LogP contribution is 2.37. The van der Waals surface area contributed by atoms with E-state index < -0.39 is 29.1 Å². The molecule has 25 rings (SSSR count). The normalized spacial score (nSPS) is 12.1. The zero-order chi connectivity index (χ0) is 97.2. The van der Waals surface area contributed by atoms with E-state index in [1.165, 1.54) is 68.3 Å². The summed E-state index contributed by atoms with van der Waals surface area (Å²) in [5.41, 5.74) is 22.4. The Morgan fingerprint density at radius 3 is 1.23 bits per heavy atom. The number of aryl methyl sites for hydroxylation is 2. The fourth-order valence-corrected chi connectivity index (χ4v) is 18.8. The minimum absolute atomic E-state index is 0.0555. The van der Waals surface area contributed by atoms with Crippen molar-refractivity contribution in [3.05, 3.63) is 359 Å². The molecule has 0 amide bonds. The zero-order valence-electron chi connectivity index (χ0n) is 76.0. The van der Waals surface area contributed by atoms with Gasteiger partial charge in [-0.05, 0) is 193 Å². The number of methoxy groups -OCH3 is 2. The summed E-state index contributed by atoms with van der Waals surface area (Å²) >= 11 is 5.78. The molecule has 142 heavy (non-hydrogen) atoms. The van der Waals surface area contributed by atoms with E-state index in [0.717, 1.165) is 155 Å². The maximum absolute atomic E-state index is 14.7. The van der Waals surface area contributed by atoms with Crippen LogP contribution in [0, 0.1) is 42.9 Å². The number of hydrogen-bond donors (Lipinski definition) is 2. The summed E-state index contributed by atoms with van der Waals surface area (Å²) in [7, 11) is 3.21. The van der Waals surface area contributed by atoms with Crippen LogP contribution >= 0.6 is 45.7 Å². The Morgan fingerprint density at radius 1 is 0.373 bits per heavy atom. The molecule has 0 fully saturated rings. The number of halogens is 5. The molecule has 21 aromatic heterocycles. The summed E-state index contributed by atoms with van der Waals surface area (Å²) in [5.74, 6) is 1.44. The fraction of sp³-hybridized carbons (Fsp3) is 0.119. The van der Waals surface area contributed by atoms with E-state index >= 15 is 0 Å². The van der Waals surface area contributed by atoms with Crippen molar-refractivity contribution >= 4 is 140 Å². The van der Waals surface area contributed by atoms with Gasteiger partial charge in [0, 0.05) is 130 Å². The molecule has 0 spiro atoms. The lowest BCUT2D eigenvalue weighted by atomic mass is 9.98. The van der Waals surface area contributed by atoms with E-state index in [2.05, 4.69) is 151 Å². The zero-order valence-corrected chi connectivity index (χ0v) is 79.3. The van der Waals surface area contributed by atoms with E-state index in [9.17, 15) is 22.0 Å². The van der Waals surface area contributed by atoms with E-state index in [0.29, 0.717) is 70.6 Å². The maximum Gasteiger partial charge on any atom is 0.196 e. The van der Waals surface area contributed by atoms with Gasteiger partial charge in [0.2, 0.25) is 0 Å². The lowest BCUT2D eigenvalue weighted by Crippen LogP contribution is -2.07. The average Bonchev–Trinajstić information content (AvgIpc) is 1.72. The molecule has 700 valence electrons. The Hall–Kier alpha value is -17.4. The SMILES string of the molecule is COc1cnc2c(NCc3nnc4ccc(-c5cncs5)nn34)ccnc2c1.COc1cnc2c(NCc3nnc4ccc(-c5cscn5)nn34)ccnc2c1.C[C@H](c1ccc2ncccc2c1)c1nnc2c(F)cc(-c3cc(F)cc(F)c3)cn12.Cc1cc(-c2cc(F)c3nnc([C@@H](C)c4ccc5ncccc5c4)n3c2)sn1.Cc1cc(-c2cc(F)c3nnc([C@H](C)c4ccc5ncccc5c4)n3c2)sn1. The van der Waals surface area contributed by atoms with Gasteiger partial charge in [-0.1, -0.05) is 57.2 Å². The summed E-state index contributed by atoms with van der Waals surface area (Å²) < 4.78 is 98.9. The Bertz CT molecular complexity index is 8560. The first kappa shape index (κ1) is 91.0. The predicted molar refractivity (Wildman–Crippen MR) is 534 cm³/mol. The van der Waals surface area contributed by atoms with Crippen molar-refractivity contribution in [3.63, 3.8) is 0 Å². The van der Waals surface area contributed by atoms with Gasteiger partial charge in [-0.3, -0.25) is 43.1 Å². The van der Waals surface area contributed by atoms with Gasteiger partial charge in [0.15, 0.2) is 57.3 Å². The Balaban J connectivity index is 0.000000105. The highest BCUT2D eigenvalue weighted by Gasteiger charge is 2.26. The van der Waals surface area contributed by atoms with Crippen molar-refractivity contribution in [3.8, 4) is 65.5 Å². The van der Waals surface area contributed by atoms with Gasteiger partial charge in [-0.25, -0.2) is 36.9 Å². The molecule has 2 N–H and O–H groups in total. The Labute approximate surface area is 817 Å². The van der Waals surface area contributed by atoms with E-state index in [-0.39, 0.29) is 40.3 Å². The second-order valence-electron chi connectivity index (χ2n) is 32.7. The van der Waals surface area contributed by atoms with Gasteiger partial charge < -0.3 is 20.1 Å². The molecule has 0 saturated carbocycles. The molecule has 0 radical (unpaired) electrons. The van der Waals surface area contributed by atoms with Crippen LogP contribution in [-0.2, 0) is 13.1 Å². The van der Waals surface area contributed by atoms with Crippen molar-refractivity contribution in [1.82, 2.24) is 137 Å². The van der Waals surface area contributed by atoms with Crippen LogP contribution in [0.4, 0.5) is 33.3 Å². The first-order chi connectivity index (χ1) is 69.3. The number of nitrogens with one attached hydrogen (secondary N) is 2. The van der Waals surface area contributed by atoms with Crippen LogP contribution in [-0.4, -0.2) is 151 Å². The first-order valence-electron chi connectivity index (χ1n) is 44.1. The number of aromatic nitrogens is 28. The number of thiazole rings is 2. The van der Waals surface area contributed by atoms with Crippen LogP contribution in [0.25, 0.3) is 137 Å². The first-order valence-corrected chi connectivity index (χ1v) is 47.5. The standard InChI is InChI=1S/C23H15F3N4.2C21H16FN5S.2C18H14N8OS/c1-13(14-4-5-21-15(7-14)3-2-6-27-21)22-28-29-23-20(26)10-17(12-30(22)23)16-8-18(24)11-19(25)9-16;2*1-12-8-19(28-26-12)16-10-17(22)21-25-24-20(27(21)11-16)13(2)14-5-6-18-15(9-14)4-3-7-23-18;1-27-11-6-14-18(21-7-11)13(4-5-19-14)20-8-17-24-23-16-3-2-12(25-26(16)17)15-9-28-10-22-15;1-27-11-6-14-18(22-7-11)13(4-5-20-14)21-9-17-24-23-16-3-2-12(25-26(16)17)15-8-19-10-28-15/h2-13H,1H3;2*3-11,13H,1-2H3;2-7,9-10H,8H2,1H3,(H,19,20);2-8,10H,9H2,1H3,(H,20,21)/t3*13-;;/m110../s1. The molecule has 25 aromatic rings. The molecule has 0 bridgehead atoms. The lowest BCUT2D eigenvalue weighted by Gasteiger charge is -2.12. The maximum atomic E-state index is 14.7. The number of pyridine rings is 10. The summed E-state index contributed by atoms with van der Waals surface area (Å²) in [6.45, 7) is 10.8. The molecule has 0 aliphatic heterocycles. The van der Waals surface area contributed by atoms with Crippen molar-refractivity contribution in [1.29, 1.82) is 0 Å². The van der Waals surface area contributed by atoms with Crippen LogP contribution in [0.1, 0.15) is 95.7 Å². The molecule has 0 aliphatic rings. The summed E-state index contributed by atoms with van der Waals surface area (Å²) in [5, 5.41) is 62.9. The van der Waals surface area contributed by atoms with Crippen molar-refractivity contribution in [2.24, 2.45) is 0 Å². The second-order valence-corrected chi connectivity index (χ2v) is 35.9. The van der Waals surface area contributed by atoms with Gasteiger partial charge in [0.25, 0.3) is 0 Å². The lowest BCUT2D eigenvalue weighted by molar-refractivity contribution is 0.413. The van der Waals surface area contributed by atoms with Gasteiger partial charge in [0.1, 0.15) is 68.7 Å². The molecular formula is C101H75F5N30O2S4. The molecule has 0 unspecified atom stereocenters. The molecular weight excluding hydrogens is 1890 g/mol. The molecule has 32 nitrogen and oxygen atoms in total. The van der Waals surface area contributed by atoms with E-state index in [1.807, 2.05) is 178 Å². The number of fused-ring (bicyclic) bond motifs is 10. The van der Waals surface area contributed by atoms with Gasteiger partial charge in [-0.2, -0.15) is 28.0 Å². The van der Waals surface area contributed by atoms with Crippen molar-refractivity contribution < 1.29 is 31.4 Å². The quantitative estimate of drug-likeness (QED) is 0.0710. The number of anilines is 2. The fourth-order valence-electron chi connectivity index (χ4n) is 16.2. The summed E-state index contributed by atoms with van der Waals surface area (Å²) in [6, 6.07) is 56.1. The molecule has 0 saturated heterocycles. The molecule has 0 aliphatic carbocycles. The number of nitrogens with zero attached hydrogens (tertiary/aromatic N) is 28. The van der Waals surface area contributed by atoms with Crippen LogP contribution in [0.5, 0.6) is 11.5 Å². The predicted octanol–water partition coefficient (Wildman–Crippen LogP) is 21.1. The third-order valence-corrected chi connectivity index (χ3v) is 26.7. The van der Waals surface area contributed by atoms with Crippen molar-refractivity contribution in [2.45, 2.75) is 65.5 Å². The highest BCUT2D eigenvalue weighted by atomic mass is 32.1. The molecule has 41 heteroatoms. The third kappa shape index (κ3) is 18.9. The van der Waals surface area contributed by atoms with Crippen molar-refractivity contribution in [2.75, 3.05) is 24.9 Å². The Morgan fingerprint density at radius 2 is 0.810 bits per heavy atom. The Kier molecular flexibility index (Phi) is 25.4. The number of benzene rings is 4. The monoisotopic (exact) mass is 1960 g/mol. The van der Waals surface area contributed by atoms with E-state index in [1.54, 1.807) is 98.8 Å². The average molecular weight is 1960 g/mol. The smallest absolute Gasteiger partial charge is 0.196 e. The van der Waals surface area contributed by atoms with Gasteiger partial charge in [-0.15, -0.1) is 73.7 Å². The molecule has 21 heterocycles. The number of rotatable bonds is 19. The van der Waals surface area contributed by atoms with Crippen LogP contribution in [0.15, 0.2) is 273 Å². The minimum atomic E-state index is -0.729. The highest BCUT2D eigenvalue weighted by molar-refractivity contribution is 7.13. The van der Waals surface area contributed by atoms with E-state index in [4.69, 9.17) is 9.47 Å². The second kappa shape index (κ2) is 39.6. The molecule has 3 atom stereocenters. The topological polar surface area (TPSA) is 361 Å². The number of ether oxygens (including phenoxy) is 2. The van der Waals surface area contributed by atoms with Crippen LogP contribution < -0.4 is 20.1 Å². The largest absolute Gasteiger partial charge is 0.495 e. The summed E-state index contributed by atoms with van der Waals surface area (Å²) in [4.78, 5) is 41.9. The van der Waals surface area contributed by atoms with Gasteiger partial charge >= 0.3 is 0 Å². The van der Waals surface area contributed by atoms with Crippen LogP contribution in [0.2, 0.25) is 0 Å². The van der Waals surface area contributed by atoms with Crippen LogP contribution in [0.3, 0.4) is 0 Å². The third-order valence-electron chi connectivity index (χ3n) is 23.5. The minimum Gasteiger partial charge on any atom is -0.495 e. The van der Waals surface area contributed by atoms with Gasteiger partial charge in [0.05, 0.1) is 116 Å².